The van der Waals surface area contributed by atoms with Gasteiger partial charge in [0.25, 0.3) is 0 Å². The minimum absolute atomic E-state index is 0.0312. The highest BCUT2D eigenvalue weighted by Crippen LogP contribution is 2.12. The summed E-state index contributed by atoms with van der Waals surface area (Å²) in [6.07, 6.45) is 2.40. The molecule has 0 aromatic heterocycles. The van der Waals surface area contributed by atoms with Crippen molar-refractivity contribution in [2.24, 2.45) is 5.92 Å². The Balaban J connectivity index is 1.83. The number of hydrogen-bond acceptors (Lipinski definition) is 3. The maximum absolute atomic E-state index is 12.9. The molecule has 2 amide bonds. The van der Waals surface area contributed by atoms with Gasteiger partial charge in [-0.3, -0.25) is 9.59 Å². The Kier molecular flexibility index (Phi) is 8.23. The van der Waals surface area contributed by atoms with Crippen molar-refractivity contribution in [1.82, 2.24) is 15.1 Å². The smallest absolute Gasteiger partial charge is 0.245 e. The van der Waals surface area contributed by atoms with Gasteiger partial charge in [0.2, 0.25) is 11.8 Å². The number of piperazine rings is 1. The normalized spacial score (nSPS) is 16.4. The lowest BCUT2D eigenvalue weighted by molar-refractivity contribution is -0.138. The lowest BCUT2D eigenvalue weighted by Gasteiger charge is -2.35. The molecule has 0 aliphatic carbocycles. The Morgan fingerprint density at radius 1 is 1.11 bits per heavy atom. The molecule has 5 nitrogen and oxygen atoms in total. The predicted molar refractivity (Wildman–Crippen MR) is 105 cm³/mol. The predicted octanol–water partition coefficient (Wildman–Crippen LogP) is 2.45. The Morgan fingerprint density at radius 3 is 2.33 bits per heavy atom. The number of rotatable bonds is 8. The first-order valence-electron chi connectivity index (χ1n) is 9.86. The van der Waals surface area contributed by atoms with Crippen LogP contribution >= 0.6 is 0 Å². The average molecular weight is 378 g/mol. The lowest BCUT2D eigenvalue weighted by atomic mass is 10.0. The van der Waals surface area contributed by atoms with Crippen molar-refractivity contribution >= 4 is 11.8 Å². The van der Waals surface area contributed by atoms with E-state index in [4.69, 9.17) is 0 Å². The van der Waals surface area contributed by atoms with Gasteiger partial charge in [0.15, 0.2) is 0 Å². The number of hydrogen-bond donors (Lipinski definition) is 1. The fourth-order valence-corrected chi connectivity index (χ4v) is 3.31. The number of likely N-dealkylation sites (N-methyl/N-ethyl adjacent to an activating group) is 1. The summed E-state index contributed by atoms with van der Waals surface area (Å²) in [6, 6.07) is 5.90. The van der Waals surface area contributed by atoms with Crippen LogP contribution in [0.1, 0.15) is 38.7 Å². The highest BCUT2D eigenvalue weighted by Gasteiger charge is 2.28. The second-order valence-electron chi connectivity index (χ2n) is 7.86. The summed E-state index contributed by atoms with van der Waals surface area (Å²) in [5.41, 5.74) is 1.01. The zero-order valence-corrected chi connectivity index (χ0v) is 16.7. The van der Waals surface area contributed by atoms with Crippen molar-refractivity contribution in [3.8, 4) is 0 Å². The van der Waals surface area contributed by atoms with Crippen LogP contribution in [0.15, 0.2) is 24.3 Å². The van der Waals surface area contributed by atoms with Gasteiger partial charge in [-0.1, -0.05) is 26.0 Å². The van der Waals surface area contributed by atoms with Gasteiger partial charge >= 0.3 is 0 Å². The van der Waals surface area contributed by atoms with Gasteiger partial charge in [0.05, 0.1) is 0 Å². The molecule has 150 valence electrons. The van der Waals surface area contributed by atoms with Gasteiger partial charge < -0.3 is 15.1 Å². The molecule has 1 N–H and O–H groups in total. The molecule has 1 saturated heterocycles. The van der Waals surface area contributed by atoms with Crippen molar-refractivity contribution in [1.29, 1.82) is 0 Å². The number of carbonyl (C=O) groups excluding carboxylic acids is 2. The number of carbonyl (C=O) groups is 2. The number of nitrogens with zero attached hydrogens (tertiary/aromatic N) is 2. The first-order chi connectivity index (χ1) is 12.8. The monoisotopic (exact) mass is 377 g/mol. The molecule has 1 aliphatic heterocycles. The molecule has 1 aromatic rings. The molecule has 1 fully saturated rings. The van der Waals surface area contributed by atoms with Gasteiger partial charge in [0.1, 0.15) is 11.9 Å². The molecule has 1 aliphatic rings. The summed E-state index contributed by atoms with van der Waals surface area (Å²) < 4.78 is 12.9. The summed E-state index contributed by atoms with van der Waals surface area (Å²) in [5, 5.41) is 2.95. The number of benzene rings is 1. The minimum atomic E-state index is -0.452. The minimum Gasteiger partial charge on any atom is -0.344 e. The van der Waals surface area contributed by atoms with E-state index in [2.05, 4.69) is 31.1 Å². The van der Waals surface area contributed by atoms with Crippen molar-refractivity contribution in [3.63, 3.8) is 0 Å². The number of halogens is 1. The van der Waals surface area contributed by atoms with Crippen LogP contribution in [-0.4, -0.2) is 60.9 Å². The van der Waals surface area contributed by atoms with Gasteiger partial charge in [-0.25, -0.2) is 4.39 Å². The van der Waals surface area contributed by atoms with E-state index in [9.17, 15) is 14.0 Å². The molecule has 6 heteroatoms. The molecule has 0 bridgehead atoms. The third-order valence-electron chi connectivity index (χ3n) is 4.94. The van der Waals surface area contributed by atoms with E-state index in [1.165, 1.54) is 12.1 Å². The second kappa shape index (κ2) is 10.4. The Bertz CT molecular complexity index is 610. The molecule has 0 spiro atoms. The Hall–Kier alpha value is -1.95. The summed E-state index contributed by atoms with van der Waals surface area (Å²) in [7, 11) is 2.05. The summed E-state index contributed by atoms with van der Waals surface area (Å²) >= 11 is 0. The molecule has 27 heavy (non-hydrogen) atoms. The van der Waals surface area contributed by atoms with Crippen LogP contribution in [0.3, 0.4) is 0 Å². The molecule has 1 heterocycles. The maximum atomic E-state index is 12.9. The van der Waals surface area contributed by atoms with Gasteiger partial charge in [-0.05, 0) is 49.9 Å². The van der Waals surface area contributed by atoms with Gasteiger partial charge in [-0.15, -0.1) is 0 Å². The molecule has 1 aromatic carbocycles. The molecule has 2 rings (SSSR count). The average Bonchev–Trinajstić information content (AvgIpc) is 2.62. The van der Waals surface area contributed by atoms with Crippen LogP contribution in [0.5, 0.6) is 0 Å². The van der Waals surface area contributed by atoms with Crippen LogP contribution in [0.25, 0.3) is 0 Å². The van der Waals surface area contributed by atoms with Crippen molar-refractivity contribution in [2.45, 2.75) is 45.6 Å². The quantitative estimate of drug-likeness (QED) is 0.757. The molecule has 0 saturated carbocycles. The van der Waals surface area contributed by atoms with Crippen molar-refractivity contribution in [2.75, 3.05) is 33.2 Å². The van der Waals surface area contributed by atoms with Crippen molar-refractivity contribution in [3.05, 3.63) is 35.6 Å². The van der Waals surface area contributed by atoms with Gasteiger partial charge in [0, 0.05) is 32.6 Å². The third kappa shape index (κ3) is 7.29. The van der Waals surface area contributed by atoms with E-state index in [1.54, 1.807) is 12.1 Å². The lowest BCUT2D eigenvalue weighted by Crippen LogP contribution is -2.54. The van der Waals surface area contributed by atoms with Crippen LogP contribution in [0, 0.1) is 11.7 Å². The third-order valence-corrected chi connectivity index (χ3v) is 4.94. The van der Waals surface area contributed by atoms with E-state index in [-0.39, 0.29) is 17.6 Å². The largest absolute Gasteiger partial charge is 0.344 e. The topological polar surface area (TPSA) is 52.7 Å². The van der Waals surface area contributed by atoms with Crippen LogP contribution in [0.2, 0.25) is 0 Å². The SMILES string of the molecule is CC(C)C[C@H](NC(=O)CCCc1ccc(F)cc1)C(=O)N1CCN(C)CC1. The van der Waals surface area contributed by atoms with E-state index in [1.807, 2.05) is 4.90 Å². The van der Waals surface area contributed by atoms with E-state index < -0.39 is 6.04 Å². The van der Waals surface area contributed by atoms with Crippen LogP contribution in [-0.2, 0) is 16.0 Å². The molecular weight excluding hydrogens is 345 g/mol. The molecule has 0 unspecified atom stereocenters. The number of amides is 2. The Morgan fingerprint density at radius 2 is 1.74 bits per heavy atom. The summed E-state index contributed by atoms with van der Waals surface area (Å²) in [5.74, 6) is 0.00953. The molecule has 0 radical (unpaired) electrons. The van der Waals surface area contributed by atoms with Crippen molar-refractivity contribution < 1.29 is 14.0 Å². The first-order valence-corrected chi connectivity index (χ1v) is 9.86. The van der Waals surface area contributed by atoms with Crippen LogP contribution < -0.4 is 5.32 Å². The number of nitrogens with one attached hydrogen (secondary N) is 1. The highest BCUT2D eigenvalue weighted by atomic mass is 19.1. The molecule has 1 atom stereocenters. The summed E-state index contributed by atoms with van der Waals surface area (Å²) in [4.78, 5) is 29.3. The fourth-order valence-electron chi connectivity index (χ4n) is 3.31. The standard InChI is InChI=1S/C21H32FN3O2/c1-16(2)15-19(21(27)25-13-11-24(3)12-14-25)23-20(26)6-4-5-17-7-9-18(22)10-8-17/h7-10,16,19H,4-6,11-15H2,1-3H3,(H,23,26)/t19-/m0/s1. The fraction of sp³-hybridized carbons (Fsp3) is 0.619. The second-order valence-corrected chi connectivity index (χ2v) is 7.86. The zero-order chi connectivity index (χ0) is 19.8. The maximum Gasteiger partial charge on any atom is 0.245 e. The van der Waals surface area contributed by atoms with Gasteiger partial charge in [-0.2, -0.15) is 0 Å². The van der Waals surface area contributed by atoms with E-state index >= 15 is 0 Å². The zero-order valence-electron chi connectivity index (χ0n) is 16.7. The molecular formula is C21H32FN3O2. The Labute approximate surface area is 161 Å². The first kappa shape index (κ1) is 21.4. The summed E-state index contributed by atoms with van der Waals surface area (Å²) in [6.45, 7) is 7.28. The van der Waals surface area contributed by atoms with E-state index in [0.717, 1.165) is 25.1 Å². The van der Waals surface area contributed by atoms with E-state index in [0.29, 0.717) is 38.3 Å². The highest BCUT2D eigenvalue weighted by molar-refractivity contribution is 5.87. The number of aryl methyl sites for hydroxylation is 1. The van der Waals surface area contributed by atoms with Crippen LogP contribution in [0.4, 0.5) is 4.39 Å².